The van der Waals surface area contributed by atoms with Crippen molar-refractivity contribution in [3.05, 3.63) is 59.7 Å². The molecule has 2 aromatic rings. The average molecular weight is 318 g/mol. The van der Waals surface area contributed by atoms with E-state index in [1.54, 1.807) is 43.3 Å². The largest absolute Gasteiger partial charge is 0.548 e. The van der Waals surface area contributed by atoms with Gasteiger partial charge in [0.15, 0.2) is 0 Å². The van der Waals surface area contributed by atoms with E-state index in [9.17, 15) is 18.3 Å². The van der Waals surface area contributed by atoms with E-state index in [-0.39, 0.29) is 4.90 Å². The molecule has 0 saturated carbocycles. The molecule has 6 heteroatoms. The Bertz CT molecular complexity index is 785. The van der Waals surface area contributed by atoms with Gasteiger partial charge in [0.2, 0.25) is 0 Å². The van der Waals surface area contributed by atoms with Gasteiger partial charge in [-0.1, -0.05) is 35.9 Å². The van der Waals surface area contributed by atoms with E-state index in [4.69, 9.17) is 0 Å². The number of nitrogens with zero attached hydrogens (tertiary/aromatic N) is 1. The van der Waals surface area contributed by atoms with E-state index in [1.807, 2.05) is 6.92 Å². The van der Waals surface area contributed by atoms with Crippen molar-refractivity contribution in [1.82, 2.24) is 0 Å². The fourth-order valence-corrected chi connectivity index (χ4v) is 3.72. The highest BCUT2D eigenvalue weighted by molar-refractivity contribution is 7.92. The van der Waals surface area contributed by atoms with Crippen LogP contribution in [0.4, 0.5) is 5.69 Å². The smallest absolute Gasteiger partial charge is 0.264 e. The first-order valence-corrected chi connectivity index (χ1v) is 8.11. The molecule has 0 atom stereocenters. The van der Waals surface area contributed by atoms with Gasteiger partial charge in [-0.2, -0.15) is 0 Å². The number of carboxylic acid groups (broad SMARTS) is 1. The van der Waals surface area contributed by atoms with Gasteiger partial charge in [0, 0.05) is 0 Å². The van der Waals surface area contributed by atoms with Crippen LogP contribution in [-0.2, 0) is 14.8 Å². The summed E-state index contributed by atoms with van der Waals surface area (Å²) in [6.45, 7) is 2.89. The zero-order chi connectivity index (χ0) is 16.3. The van der Waals surface area contributed by atoms with Crippen LogP contribution in [0, 0.1) is 13.8 Å². The lowest BCUT2D eigenvalue weighted by Gasteiger charge is -2.26. The molecule has 0 saturated heterocycles. The Balaban J connectivity index is 2.58. The Morgan fingerprint density at radius 2 is 1.73 bits per heavy atom. The molecule has 5 nitrogen and oxygen atoms in total. The molecule has 0 aliphatic rings. The zero-order valence-corrected chi connectivity index (χ0v) is 13.1. The average Bonchev–Trinajstić information content (AvgIpc) is 2.46. The Hall–Kier alpha value is -2.34. The topological polar surface area (TPSA) is 77.5 Å². The van der Waals surface area contributed by atoms with Gasteiger partial charge in [0.05, 0.1) is 23.1 Å². The third-order valence-electron chi connectivity index (χ3n) is 3.22. The minimum atomic E-state index is -3.97. The van der Waals surface area contributed by atoms with Gasteiger partial charge in [0.25, 0.3) is 10.0 Å². The fourth-order valence-electron chi connectivity index (χ4n) is 2.22. The van der Waals surface area contributed by atoms with Crippen LogP contribution in [0.3, 0.4) is 0 Å². The summed E-state index contributed by atoms with van der Waals surface area (Å²) in [6.07, 6.45) is 0. The van der Waals surface area contributed by atoms with Crippen molar-refractivity contribution in [2.24, 2.45) is 0 Å². The first-order chi connectivity index (χ1) is 10.3. The van der Waals surface area contributed by atoms with Crippen LogP contribution in [0.5, 0.6) is 0 Å². The highest BCUT2D eigenvalue weighted by Gasteiger charge is 2.26. The van der Waals surface area contributed by atoms with Gasteiger partial charge in [0.1, 0.15) is 0 Å². The summed E-state index contributed by atoms with van der Waals surface area (Å²) in [5.74, 6) is -1.46. The van der Waals surface area contributed by atoms with E-state index in [0.29, 0.717) is 11.3 Å². The number of anilines is 1. The molecule has 0 aliphatic carbocycles. The maximum absolute atomic E-state index is 12.7. The SMILES string of the molecule is Cc1ccc(N(CC(=O)[O-])S(=O)(=O)c2ccccc2)c(C)c1. The molecule has 0 N–H and O–H groups in total. The Kier molecular flexibility index (Phi) is 4.51. The predicted octanol–water partition coefficient (Wildman–Crippen LogP) is 1.25. The summed E-state index contributed by atoms with van der Waals surface area (Å²) in [5, 5.41) is 11.0. The molecule has 22 heavy (non-hydrogen) atoms. The predicted molar refractivity (Wildman–Crippen MR) is 81.9 cm³/mol. The van der Waals surface area contributed by atoms with E-state index in [2.05, 4.69) is 0 Å². The number of sulfonamides is 1. The highest BCUT2D eigenvalue weighted by atomic mass is 32.2. The third-order valence-corrected chi connectivity index (χ3v) is 5.00. The molecule has 2 rings (SSSR count). The maximum atomic E-state index is 12.7. The van der Waals surface area contributed by atoms with E-state index in [1.165, 1.54) is 12.1 Å². The summed E-state index contributed by atoms with van der Waals surface area (Å²) >= 11 is 0. The molecule has 0 radical (unpaired) electrons. The molecule has 0 spiro atoms. The molecule has 0 aromatic heterocycles. The molecular formula is C16H16NO4S-. The summed E-state index contributed by atoms with van der Waals surface area (Å²) in [6, 6.07) is 12.9. The lowest BCUT2D eigenvalue weighted by atomic mass is 10.1. The van der Waals surface area contributed by atoms with Crippen LogP contribution in [0.15, 0.2) is 53.4 Å². The number of carbonyl (C=O) groups excluding carboxylic acids is 1. The van der Waals surface area contributed by atoms with Gasteiger partial charge in [-0.25, -0.2) is 8.42 Å². The lowest BCUT2D eigenvalue weighted by molar-refractivity contribution is -0.303. The lowest BCUT2D eigenvalue weighted by Crippen LogP contribution is -2.42. The summed E-state index contributed by atoms with van der Waals surface area (Å²) in [4.78, 5) is 11.1. The van der Waals surface area contributed by atoms with Crippen molar-refractivity contribution in [1.29, 1.82) is 0 Å². The molecular weight excluding hydrogens is 302 g/mol. The number of carboxylic acids is 1. The van der Waals surface area contributed by atoms with Crippen LogP contribution < -0.4 is 9.41 Å². The second kappa shape index (κ2) is 6.19. The Morgan fingerprint density at radius 3 is 2.27 bits per heavy atom. The van der Waals surface area contributed by atoms with Gasteiger partial charge in [-0.3, -0.25) is 4.31 Å². The second-order valence-corrected chi connectivity index (χ2v) is 6.85. The minimum Gasteiger partial charge on any atom is -0.548 e. The van der Waals surface area contributed by atoms with Crippen molar-refractivity contribution >= 4 is 21.7 Å². The summed E-state index contributed by atoms with van der Waals surface area (Å²) in [5.41, 5.74) is 1.98. The molecule has 0 unspecified atom stereocenters. The van der Waals surface area contributed by atoms with Gasteiger partial charge in [-0.05, 0) is 37.6 Å². The second-order valence-electron chi connectivity index (χ2n) is 4.99. The number of rotatable bonds is 5. The summed E-state index contributed by atoms with van der Waals surface area (Å²) < 4.78 is 26.3. The number of hydrogen-bond acceptors (Lipinski definition) is 4. The monoisotopic (exact) mass is 318 g/mol. The van der Waals surface area contributed by atoms with Crippen LogP contribution in [0.2, 0.25) is 0 Å². The van der Waals surface area contributed by atoms with E-state index < -0.39 is 22.5 Å². The molecule has 2 aromatic carbocycles. The van der Waals surface area contributed by atoms with Crippen molar-refractivity contribution < 1.29 is 18.3 Å². The van der Waals surface area contributed by atoms with Gasteiger partial charge < -0.3 is 9.90 Å². The Morgan fingerprint density at radius 1 is 1.09 bits per heavy atom. The molecule has 0 amide bonds. The van der Waals surface area contributed by atoms with Crippen LogP contribution in [-0.4, -0.2) is 20.9 Å². The Labute approximate surface area is 129 Å². The van der Waals surface area contributed by atoms with Gasteiger partial charge >= 0.3 is 0 Å². The van der Waals surface area contributed by atoms with Crippen LogP contribution >= 0.6 is 0 Å². The van der Waals surface area contributed by atoms with Crippen molar-refractivity contribution in [2.75, 3.05) is 10.8 Å². The fraction of sp³-hybridized carbons (Fsp3) is 0.188. The van der Waals surface area contributed by atoms with Crippen LogP contribution in [0.25, 0.3) is 0 Å². The molecule has 0 bridgehead atoms. The van der Waals surface area contributed by atoms with Crippen molar-refractivity contribution in [3.8, 4) is 0 Å². The summed E-state index contributed by atoms with van der Waals surface area (Å²) in [7, 11) is -3.97. The number of benzene rings is 2. The standard InChI is InChI=1S/C16H17NO4S/c1-12-8-9-15(13(2)10-12)17(11-16(18)19)22(20,21)14-6-4-3-5-7-14/h3-10H,11H2,1-2H3,(H,18,19)/p-1. The maximum Gasteiger partial charge on any atom is 0.264 e. The first-order valence-electron chi connectivity index (χ1n) is 6.67. The van der Waals surface area contributed by atoms with Crippen LogP contribution in [0.1, 0.15) is 11.1 Å². The number of hydrogen-bond donors (Lipinski definition) is 0. The third kappa shape index (κ3) is 3.28. The highest BCUT2D eigenvalue weighted by Crippen LogP contribution is 2.27. The minimum absolute atomic E-state index is 0.0382. The number of aliphatic carboxylic acids is 1. The molecule has 116 valence electrons. The van der Waals surface area contributed by atoms with Crippen molar-refractivity contribution in [3.63, 3.8) is 0 Å². The first kappa shape index (κ1) is 16.0. The number of carbonyl (C=O) groups is 1. The molecule has 0 aliphatic heterocycles. The molecule has 0 fully saturated rings. The molecule has 0 heterocycles. The quantitative estimate of drug-likeness (QED) is 0.831. The van der Waals surface area contributed by atoms with Gasteiger partial charge in [-0.15, -0.1) is 0 Å². The zero-order valence-electron chi connectivity index (χ0n) is 12.3. The van der Waals surface area contributed by atoms with E-state index in [0.717, 1.165) is 9.87 Å². The normalized spacial score (nSPS) is 11.2. The number of aryl methyl sites for hydroxylation is 2. The van der Waals surface area contributed by atoms with Crippen molar-refractivity contribution in [2.45, 2.75) is 18.7 Å². The van der Waals surface area contributed by atoms with E-state index >= 15 is 0 Å².